The highest BCUT2D eigenvalue weighted by Gasteiger charge is 2.32. The van der Waals surface area contributed by atoms with Crippen LogP contribution >= 0.6 is 11.3 Å². The Kier molecular flexibility index (Phi) is 3.65. The minimum Gasteiger partial charge on any atom is -0.351 e. The van der Waals surface area contributed by atoms with Gasteiger partial charge in [-0.05, 0) is 6.07 Å². The molecule has 1 aliphatic rings. The van der Waals surface area contributed by atoms with Gasteiger partial charge in [-0.15, -0.1) is 21.5 Å². The second kappa shape index (κ2) is 5.71. The number of hydrogen-bond acceptors (Lipinski definition) is 6. The number of rotatable bonds is 2. The van der Waals surface area contributed by atoms with Gasteiger partial charge in [0.1, 0.15) is 6.33 Å². The molecule has 3 aromatic rings. The summed E-state index contributed by atoms with van der Waals surface area (Å²) >= 11 is 1.03. The van der Waals surface area contributed by atoms with Crippen LogP contribution in [0.5, 0.6) is 0 Å². The molecule has 0 aromatic carbocycles. The molecule has 4 heterocycles. The molecule has 0 saturated carbocycles. The zero-order valence-corrected chi connectivity index (χ0v) is 13.2. The first-order valence-corrected chi connectivity index (χ1v) is 8.22. The molecule has 0 atom stereocenters. The van der Waals surface area contributed by atoms with E-state index in [1.165, 1.54) is 6.33 Å². The Bertz CT molecular complexity index is 865. The van der Waals surface area contributed by atoms with E-state index in [4.69, 9.17) is 0 Å². The van der Waals surface area contributed by atoms with Gasteiger partial charge in [0.05, 0.1) is 22.3 Å². The summed E-state index contributed by atoms with van der Waals surface area (Å²) in [5, 5.41) is 12.4. The van der Waals surface area contributed by atoms with E-state index < -0.39 is 11.7 Å². The van der Waals surface area contributed by atoms with Crippen LogP contribution in [-0.4, -0.2) is 45.8 Å². The summed E-state index contributed by atoms with van der Waals surface area (Å²) < 4.78 is 40.2. The maximum absolute atomic E-state index is 12.8. The van der Waals surface area contributed by atoms with Crippen LogP contribution in [0.1, 0.15) is 5.56 Å². The molecule has 4 rings (SSSR count). The van der Waals surface area contributed by atoms with Crippen molar-refractivity contribution in [3.63, 3.8) is 0 Å². The predicted octanol–water partition coefficient (Wildman–Crippen LogP) is 2.28. The number of thiophene rings is 1. The van der Waals surface area contributed by atoms with E-state index >= 15 is 0 Å². The number of piperazine rings is 1. The van der Waals surface area contributed by atoms with Crippen molar-refractivity contribution in [1.29, 1.82) is 0 Å². The number of nitrogens with zero attached hydrogens (tertiary/aromatic N) is 5. The number of anilines is 1. The first-order chi connectivity index (χ1) is 11.5. The number of halogens is 3. The van der Waals surface area contributed by atoms with Crippen LogP contribution in [0.2, 0.25) is 0 Å². The fourth-order valence-corrected chi connectivity index (χ4v) is 3.63. The molecule has 126 valence electrons. The van der Waals surface area contributed by atoms with E-state index in [1.807, 2.05) is 0 Å². The quantitative estimate of drug-likeness (QED) is 0.765. The molecular weight excluding hydrogens is 341 g/mol. The Hall–Kier alpha value is -2.20. The third-order valence-corrected chi connectivity index (χ3v) is 4.86. The normalized spacial score (nSPS) is 16.0. The van der Waals surface area contributed by atoms with E-state index in [9.17, 15) is 13.2 Å². The zero-order chi connectivity index (χ0) is 16.7. The summed E-state index contributed by atoms with van der Waals surface area (Å²) in [6.07, 6.45) is -1.26. The lowest BCUT2D eigenvalue weighted by Gasteiger charge is -2.28. The Labute approximate surface area is 138 Å². The van der Waals surface area contributed by atoms with Gasteiger partial charge in [0.25, 0.3) is 0 Å². The van der Waals surface area contributed by atoms with E-state index in [-0.39, 0.29) is 0 Å². The molecule has 0 unspecified atom stereocenters. The Morgan fingerprint density at radius 2 is 2.00 bits per heavy atom. The van der Waals surface area contributed by atoms with Gasteiger partial charge < -0.3 is 10.2 Å². The molecule has 1 saturated heterocycles. The molecule has 1 aliphatic heterocycles. The van der Waals surface area contributed by atoms with Crippen molar-refractivity contribution in [1.82, 2.24) is 24.9 Å². The Morgan fingerprint density at radius 1 is 1.21 bits per heavy atom. The van der Waals surface area contributed by atoms with Crippen molar-refractivity contribution in [2.75, 3.05) is 31.1 Å². The highest BCUT2D eigenvalue weighted by atomic mass is 32.1. The number of alkyl halides is 3. The summed E-state index contributed by atoms with van der Waals surface area (Å²) in [5.74, 6) is 0.699. The molecule has 3 aromatic heterocycles. The fraction of sp³-hybridized carbons (Fsp3) is 0.357. The van der Waals surface area contributed by atoms with E-state index in [0.29, 0.717) is 22.0 Å². The van der Waals surface area contributed by atoms with Crippen LogP contribution in [0.15, 0.2) is 24.0 Å². The van der Waals surface area contributed by atoms with Gasteiger partial charge in [-0.1, -0.05) is 0 Å². The standard InChI is InChI=1S/C14H13F3N6S/c15-14(16,17)9-5-11(24-7-9)10-6-19-12(13-21-20-8-23(10)13)22-3-1-18-2-4-22/h5-8,18H,1-4H2. The number of fused-ring (bicyclic) bond motifs is 1. The molecule has 0 spiro atoms. The lowest BCUT2D eigenvalue weighted by Crippen LogP contribution is -2.44. The SMILES string of the molecule is FC(F)(F)c1csc(-c2cnc(N3CCNCC3)c3nncn23)c1. The minimum absolute atomic E-state index is 0.478. The van der Waals surface area contributed by atoms with Crippen molar-refractivity contribution in [2.24, 2.45) is 0 Å². The van der Waals surface area contributed by atoms with Crippen LogP contribution in [0.4, 0.5) is 19.0 Å². The van der Waals surface area contributed by atoms with Crippen molar-refractivity contribution < 1.29 is 13.2 Å². The summed E-state index contributed by atoms with van der Waals surface area (Å²) in [5.41, 5.74) is 0.445. The lowest BCUT2D eigenvalue weighted by atomic mass is 10.2. The van der Waals surface area contributed by atoms with E-state index in [2.05, 4.69) is 25.4 Å². The summed E-state index contributed by atoms with van der Waals surface area (Å²) in [7, 11) is 0. The van der Waals surface area contributed by atoms with Crippen LogP contribution in [0, 0.1) is 0 Å². The average molecular weight is 354 g/mol. The molecule has 0 radical (unpaired) electrons. The maximum atomic E-state index is 12.8. The number of nitrogens with one attached hydrogen (secondary N) is 1. The molecule has 1 N–H and O–H groups in total. The van der Waals surface area contributed by atoms with Gasteiger partial charge in [0.2, 0.25) is 5.65 Å². The third-order valence-electron chi connectivity index (χ3n) is 3.91. The second-order valence-electron chi connectivity index (χ2n) is 5.43. The van der Waals surface area contributed by atoms with Crippen LogP contribution in [0.25, 0.3) is 16.2 Å². The third kappa shape index (κ3) is 2.61. The molecular formula is C14H13F3N6S. The monoisotopic (exact) mass is 354 g/mol. The summed E-state index contributed by atoms with van der Waals surface area (Å²) in [6.45, 7) is 3.30. The van der Waals surface area contributed by atoms with Gasteiger partial charge in [0.15, 0.2) is 5.82 Å². The molecule has 6 nitrogen and oxygen atoms in total. The first kappa shape index (κ1) is 15.3. The van der Waals surface area contributed by atoms with Gasteiger partial charge in [-0.25, -0.2) is 4.98 Å². The minimum atomic E-state index is -4.35. The maximum Gasteiger partial charge on any atom is 0.417 e. The second-order valence-corrected chi connectivity index (χ2v) is 6.34. The van der Waals surface area contributed by atoms with Crippen molar-refractivity contribution >= 4 is 22.8 Å². The smallest absolute Gasteiger partial charge is 0.351 e. The van der Waals surface area contributed by atoms with Gasteiger partial charge in [-0.2, -0.15) is 13.2 Å². The van der Waals surface area contributed by atoms with E-state index in [1.54, 1.807) is 10.6 Å². The summed E-state index contributed by atoms with van der Waals surface area (Å²) in [4.78, 5) is 7.03. The molecule has 0 aliphatic carbocycles. The van der Waals surface area contributed by atoms with E-state index in [0.717, 1.165) is 49.0 Å². The molecule has 0 bridgehead atoms. The average Bonchev–Trinajstić information content (AvgIpc) is 3.24. The Balaban J connectivity index is 1.78. The lowest BCUT2D eigenvalue weighted by molar-refractivity contribution is -0.137. The first-order valence-electron chi connectivity index (χ1n) is 7.34. The molecule has 0 amide bonds. The topological polar surface area (TPSA) is 58.4 Å². The highest BCUT2D eigenvalue weighted by Crippen LogP contribution is 2.37. The van der Waals surface area contributed by atoms with Crippen LogP contribution < -0.4 is 10.2 Å². The highest BCUT2D eigenvalue weighted by molar-refractivity contribution is 7.13. The van der Waals surface area contributed by atoms with Crippen LogP contribution in [0.3, 0.4) is 0 Å². The summed E-state index contributed by atoms with van der Waals surface area (Å²) in [6, 6.07) is 1.13. The molecule has 10 heteroatoms. The van der Waals surface area contributed by atoms with Crippen LogP contribution in [-0.2, 0) is 6.18 Å². The van der Waals surface area contributed by atoms with Crippen molar-refractivity contribution in [3.05, 3.63) is 29.5 Å². The zero-order valence-electron chi connectivity index (χ0n) is 12.4. The van der Waals surface area contributed by atoms with Crippen molar-refractivity contribution in [2.45, 2.75) is 6.18 Å². The van der Waals surface area contributed by atoms with Crippen molar-refractivity contribution in [3.8, 4) is 10.6 Å². The Morgan fingerprint density at radius 3 is 2.71 bits per heavy atom. The predicted molar refractivity (Wildman–Crippen MR) is 84.2 cm³/mol. The fourth-order valence-electron chi connectivity index (χ4n) is 2.71. The molecule has 1 fully saturated rings. The number of hydrogen-bond donors (Lipinski definition) is 1. The largest absolute Gasteiger partial charge is 0.417 e. The van der Waals surface area contributed by atoms with Gasteiger partial charge >= 0.3 is 6.18 Å². The van der Waals surface area contributed by atoms with Gasteiger partial charge in [0, 0.05) is 31.6 Å². The number of aromatic nitrogens is 4. The molecule has 24 heavy (non-hydrogen) atoms. The van der Waals surface area contributed by atoms with Gasteiger partial charge in [-0.3, -0.25) is 4.40 Å².